The molecule has 0 aliphatic rings. The average molecular weight is 715 g/mol. The Morgan fingerprint density at radius 2 is 1.36 bits per heavy atom. The Kier molecular flexibility index (Phi) is 10.5. The van der Waals surface area contributed by atoms with E-state index in [9.17, 15) is 14.4 Å². The van der Waals surface area contributed by atoms with Crippen molar-refractivity contribution in [2.75, 3.05) is 10.6 Å². The number of nitrogens with one attached hydrogen (secondary N) is 3. The molecule has 0 bridgehead atoms. The fourth-order valence-electron chi connectivity index (χ4n) is 6.33. The Morgan fingerprint density at radius 3 is 2.11 bits per heavy atom. The van der Waals surface area contributed by atoms with E-state index in [4.69, 9.17) is 0 Å². The first-order chi connectivity index (χ1) is 25.9. The summed E-state index contributed by atoms with van der Waals surface area (Å²) in [6.07, 6.45) is 1.65. The largest absolute Gasteiger partial charge is 0.341 e. The van der Waals surface area contributed by atoms with Crippen LogP contribution >= 0.6 is 11.8 Å². The second-order valence-corrected chi connectivity index (χ2v) is 13.8. The molecule has 7 aromatic rings. The van der Waals surface area contributed by atoms with Crippen molar-refractivity contribution in [1.82, 2.24) is 9.88 Å². The van der Waals surface area contributed by atoms with Crippen molar-refractivity contribution in [3.05, 3.63) is 180 Å². The van der Waals surface area contributed by atoms with Crippen LogP contribution in [0.1, 0.15) is 39.2 Å². The predicted molar refractivity (Wildman–Crippen MR) is 217 cm³/mol. The zero-order valence-corrected chi connectivity index (χ0v) is 30.2. The number of aryl methyl sites for hydroxylation is 2. The molecule has 7 nitrogen and oxygen atoms in total. The summed E-state index contributed by atoms with van der Waals surface area (Å²) in [7, 11) is 0. The molecule has 0 saturated heterocycles. The van der Waals surface area contributed by atoms with Crippen LogP contribution in [-0.2, 0) is 16.1 Å². The number of rotatable bonds is 11. The number of hydrogen-bond acceptors (Lipinski definition) is 4. The van der Waals surface area contributed by atoms with Crippen LogP contribution in [0.15, 0.2) is 162 Å². The van der Waals surface area contributed by atoms with E-state index >= 15 is 0 Å². The maximum Gasteiger partial charge on any atom is 0.272 e. The molecule has 1 atom stereocenters. The number of aromatic nitrogens is 1. The average Bonchev–Trinajstić information content (AvgIpc) is 3.51. The lowest BCUT2D eigenvalue weighted by Crippen LogP contribution is -2.30. The molecule has 1 aromatic heterocycles. The lowest BCUT2D eigenvalue weighted by atomic mass is 10.1. The van der Waals surface area contributed by atoms with Crippen LogP contribution in [0.3, 0.4) is 0 Å². The third kappa shape index (κ3) is 8.08. The molecule has 0 aliphatic heterocycles. The van der Waals surface area contributed by atoms with Gasteiger partial charge in [-0.15, -0.1) is 11.8 Å². The first kappa shape index (κ1) is 35.0. The Morgan fingerprint density at radius 1 is 0.679 bits per heavy atom. The number of para-hydroxylation sites is 1. The maximum atomic E-state index is 14.1. The first-order valence-electron chi connectivity index (χ1n) is 17.5. The van der Waals surface area contributed by atoms with Gasteiger partial charge in [-0.25, -0.2) is 0 Å². The molecule has 0 saturated carbocycles. The van der Waals surface area contributed by atoms with Crippen LogP contribution in [0.5, 0.6) is 0 Å². The van der Waals surface area contributed by atoms with Crippen molar-refractivity contribution in [3.63, 3.8) is 0 Å². The zero-order valence-electron chi connectivity index (χ0n) is 29.4. The van der Waals surface area contributed by atoms with E-state index in [0.717, 1.165) is 55.6 Å². The molecule has 3 amide bonds. The number of carbonyl (C=O) groups is 3. The van der Waals surface area contributed by atoms with E-state index < -0.39 is 17.1 Å². The molecule has 3 N–H and O–H groups in total. The van der Waals surface area contributed by atoms with Crippen molar-refractivity contribution in [1.29, 1.82) is 0 Å². The highest BCUT2D eigenvalue weighted by Gasteiger charge is 2.23. The minimum atomic E-state index is -0.586. The molecular weight excluding hydrogens is 677 g/mol. The van der Waals surface area contributed by atoms with Crippen LogP contribution in [0.4, 0.5) is 11.4 Å². The van der Waals surface area contributed by atoms with E-state index in [2.05, 4.69) is 45.6 Å². The fraction of sp³-hybridized carbons (Fsp3) is 0.0889. The van der Waals surface area contributed by atoms with Gasteiger partial charge in [-0.05, 0) is 85.6 Å². The summed E-state index contributed by atoms with van der Waals surface area (Å²) in [6.45, 7) is 4.96. The summed E-state index contributed by atoms with van der Waals surface area (Å²) in [6, 6.07) is 47.8. The second kappa shape index (κ2) is 15.9. The van der Waals surface area contributed by atoms with Crippen LogP contribution < -0.4 is 16.0 Å². The van der Waals surface area contributed by atoms with E-state index in [-0.39, 0.29) is 11.6 Å². The topological polar surface area (TPSA) is 92.2 Å². The maximum absolute atomic E-state index is 14.1. The molecule has 7 rings (SSSR count). The monoisotopic (exact) mass is 714 g/mol. The highest BCUT2D eigenvalue weighted by Crippen LogP contribution is 2.38. The van der Waals surface area contributed by atoms with Crippen molar-refractivity contribution >= 4 is 68.7 Å². The van der Waals surface area contributed by atoms with E-state index in [1.54, 1.807) is 36.4 Å². The Balaban J connectivity index is 1.13. The van der Waals surface area contributed by atoms with Gasteiger partial charge in [0.2, 0.25) is 5.91 Å². The number of anilines is 2. The van der Waals surface area contributed by atoms with Gasteiger partial charge in [-0.2, -0.15) is 0 Å². The molecular formula is C45H38N4O3S. The summed E-state index contributed by atoms with van der Waals surface area (Å²) in [5, 5.41) is 10.6. The highest BCUT2D eigenvalue weighted by molar-refractivity contribution is 8.00. The number of nitrogens with zero attached hydrogens (tertiary/aromatic N) is 1. The van der Waals surface area contributed by atoms with Gasteiger partial charge in [-0.1, -0.05) is 103 Å². The second-order valence-electron chi connectivity index (χ2n) is 12.7. The van der Waals surface area contributed by atoms with Gasteiger partial charge >= 0.3 is 0 Å². The van der Waals surface area contributed by atoms with Crippen molar-refractivity contribution in [2.24, 2.45) is 0 Å². The van der Waals surface area contributed by atoms with Gasteiger partial charge in [0.1, 0.15) is 10.9 Å². The lowest BCUT2D eigenvalue weighted by molar-refractivity contribution is -0.116. The Hall–Kier alpha value is -6.38. The minimum absolute atomic E-state index is 0.0985. The van der Waals surface area contributed by atoms with E-state index in [0.29, 0.717) is 11.3 Å². The molecule has 0 aliphatic carbocycles. The number of fused-ring (bicyclic) bond motifs is 3. The Labute approximate surface area is 312 Å². The van der Waals surface area contributed by atoms with Gasteiger partial charge in [0, 0.05) is 50.2 Å². The third-order valence-corrected chi connectivity index (χ3v) is 10.2. The highest BCUT2D eigenvalue weighted by atomic mass is 32.2. The van der Waals surface area contributed by atoms with Crippen LogP contribution in [0, 0.1) is 6.92 Å². The van der Waals surface area contributed by atoms with E-state index in [1.807, 2.05) is 110 Å². The van der Waals surface area contributed by atoms with Crippen LogP contribution in [0.2, 0.25) is 0 Å². The SMILES string of the molecule is CCn1c2ccccc2c2cc(NC(=O)C(Sc3cccc(NC(=O)/C(=C/c4ccc(C)cc4)NC(=O)c4ccccc4)c3)c3ccccc3)ccc21. The quantitative estimate of drug-likeness (QED) is 0.0919. The van der Waals surface area contributed by atoms with Crippen LogP contribution in [0.25, 0.3) is 27.9 Å². The smallest absolute Gasteiger partial charge is 0.272 e. The number of amides is 3. The number of benzene rings is 6. The normalized spacial score (nSPS) is 12.0. The zero-order chi connectivity index (χ0) is 36.7. The van der Waals surface area contributed by atoms with E-state index in [1.165, 1.54) is 11.8 Å². The minimum Gasteiger partial charge on any atom is -0.341 e. The first-order valence-corrected chi connectivity index (χ1v) is 18.3. The molecule has 1 heterocycles. The van der Waals surface area contributed by atoms with Crippen molar-refractivity contribution < 1.29 is 14.4 Å². The summed E-state index contributed by atoms with van der Waals surface area (Å²) in [5.41, 5.74) is 6.76. The molecule has 8 heteroatoms. The van der Waals surface area contributed by atoms with Gasteiger partial charge in [-0.3, -0.25) is 14.4 Å². The Bertz CT molecular complexity index is 2460. The number of carbonyl (C=O) groups excluding carboxylic acids is 3. The third-order valence-electron chi connectivity index (χ3n) is 8.96. The van der Waals surface area contributed by atoms with Crippen molar-refractivity contribution in [2.45, 2.75) is 30.5 Å². The summed E-state index contributed by atoms with van der Waals surface area (Å²) >= 11 is 1.39. The standard InChI is InChI=1S/C45H38N4O3S/c1-3-49-40-20-11-10-19-37(40)38-29-35(25-26-41(38)49)47-45(52)42(32-13-6-4-7-14-32)53-36-18-12-17-34(28-36)46-44(51)39(27-31-23-21-30(2)22-24-31)48-43(50)33-15-8-5-9-16-33/h4-29,42H,3H2,1-2H3,(H,46,51)(H,47,52)(H,48,50)/b39-27-. The van der Waals surface area contributed by atoms with Gasteiger partial charge in [0.25, 0.3) is 11.8 Å². The molecule has 0 fully saturated rings. The lowest BCUT2D eigenvalue weighted by Gasteiger charge is -2.18. The molecule has 53 heavy (non-hydrogen) atoms. The summed E-state index contributed by atoms with van der Waals surface area (Å²) in [5.74, 6) is -1.04. The van der Waals surface area contributed by atoms with Crippen LogP contribution in [-0.4, -0.2) is 22.3 Å². The molecule has 1 unspecified atom stereocenters. The van der Waals surface area contributed by atoms with Crippen molar-refractivity contribution in [3.8, 4) is 0 Å². The fourth-order valence-corrected chi connectivity index (χ4v) is 7.42. The number of thioether (sulfide) groups is 1. The molecule has 262 valence electrons. The van der Waals surface area contributed by atoms with Gasteiger partial charge < -0.3 is 20.5 Å². The number of hydrogen-bond donors (Lipinski definition) is 3. The molecule has 0 radical (unpaired) electrons. The summed E-state index contributed by atoms with van der Waals surface area (Å²) in [4.78, 5) is 41.7. The molecule has 0 spiro atoms. The van der Waals surface area contributed by atoms with Gasteiger partial charge in [0.05, 0.1) is 0 Å². The predicted octanol–water partition coefficient (Wildman–Crippen LogP) is 10.0. The summed E-state index contributed by atoms with van der Waals surface area (Å²) < 4.78 is 2.28. The molecule has 6 aromatic carbocycles. The van der Waals surface area contributed by atoms with Gasteiger partial charge in [0.15, 0.2) is 0 Å².